The first-order chi connectivity index (χ1) is 13.1. The SMILES string of the molecule is C=C(C)c1ccc(COc2ccc(/C=C/C(=O)c3ccccc3)cc2)cc1. The normalized spacial score (nSPS) is 10.7. The van der Waals surface area contributed by atoms with E-state index in [1.807, 2.05) is 67.6 Å². The van der Waals surface area contributed by atoms with Crippen molar-refractivity contribution in [3.63, 3.8) is 0 Å². The number of carbonyl (C=O) groups is 1. The van der Waals surface area contributed by atoms with Gasteiger partial charge in [0.05, 0.1) is 0 Å². The fourth-order valence-corrected chi connectivity index (χ4v) is 2.60. The molecule has 0 unspecified atom stereocenters. The van der Waals surface area contributed by atoms with E-state index in [2.05, 4.69) is 30.8 Å². The molecular weight excluding hydrogens is 332 g/mol. The first-order valence-electron chi connectivity index (χ1n) is 8.87. The molecule has 0 saturated heterocycles. The molecule has 3 rings (SSSR count). The van der Waals surface area contributed by atoms with Crippen LogP contribution in [0.5, 0.6) is 5.75 Å². The Kier molecular flexibility index (Phi) is 6.01. The van der Waals surface area contributed by atoms with Gasteiger partial charge < -0.3 is 4.74 Å². The van der Waals surface area contributed by atoms with Gasteiger partial charge in [-0.1, -0.05) is 85.0 Å². The van der Waals surface area contributed by atoms with Crippen molar-refractivity contribution in [2.24, 2.45) is 0 Å². The number of allylic oxidation sites excluding steroid dienone is 2. The Labute approximate surface area is 160 Å². The van der Waals surface area contributed by atoms with E-state index in [1.54, 1.807) is 6.08 Å². The summed E-state index contributed by atoms with van der Waals surface area (Å²) in [4.78, 5) is 12.1. The van der Waals surface area contributed by atoms with Crippen molar-refractivity contribution in [1.29, 1.82) is 0 Å². The highest BCUT2D eigenvalue weighted by atomic mass is 16.5. The van der Waals surface area contributed by atoms with E-state index in [-0.39, 0.29) is 5.78 Å². The molecule has 0 aromatic heterocycles. The fourth-order valence-electron chi connectivity index (χ4n) is 2.60. The minimum atomic E-state index is -0.00543. The zero-order valence-corrected chi connectivity index (χ0v) is 15.4. The Balaban J connectivity index is 1.56. The molecule has 0 heterocycles. The zero-order chi connectivity index (χ0) is 19.1. The third kappa shape index (κ3) is 5.29. The van der Waals surface area contributed by atoms with Crippen LogP contribution in [0.1, 0.15) is 34.0 Å². The lowest BCUT2D eigenvalue weighted by Crippen LogP contribution is -1.95. The molecule has 0 amide bonds. The van der Waals surface area contributed by atoms with Crippen molar-refractivity contribution >= 4 is 17.4 Å². The summed E-state index contributed by atoms with van der Waals surface area (Å²) in [7, 11) is 0. The van der Waals surface area contributed by atoms with Crippen LogP contribution in [-0.4, -0.2) is 5.78 Å². The molecule has 2 heteroatoms. The van der Waals surface area contributed by atoms with Crippen LogP contribution in [0.2, 0.25) is 0 Å². The Morgan fingerprint density at radius 1 is 0.889 bits per heavy atom. The van der Waals surface area contributed by atoms with Crippen LogP contribution in [0.4, 0.5) is 0 Å². The topological polar surface area (TPSA) is 26.3 Å². The number of hydrogen-bond acceptors (Lipinski definition) is 2. The van der Waals surface area contributed by atoms with E-state index in [0.29, 0.717) is 12.2 Å². The maximum atomic E-state index is 12.1. The van der Waals surface area contributed by atoms with Gasteiger partial charge in [0.25, 0.3) is 0 Å². The summed E-state index contributed by atoms with van der Waals surface area (Å²) in [6.45, 7) is 6.45. The molecule has 0 aliphatic carbocycles. The smallest absolute Gasteiger partial charge is 0.185 e. The first-order valence-corrected chi connectivity index (χ1v) is 8.87. The van der Waals surface area contributed by atoms with Gasteiger partial charge >= 0.3 is 0 Å². The second-order valence-electron chi connectivity index (χ2n) is 6.40. The van der Waals surface area contributed by atoms with Crippen molar-refractivity contribution in [2.45, 2.75) is 13.5 Å². The predicted octanol–water partition coefficient (Wildman–Crippen LogP) is 6.19. The summed E-state index contributed by atoms with van der Waals surface area (Å²) in [5, 5.41) is 0. The molecule has 0 saturated carbocycles. The first kappa shape index (κ1) is 18.4. The van der Waals surface area contributed by atoms with Crippen molar-refractivity contribution in [1.82, 2.24) is 0 Å². The second kappa shape index (κ2) is 8.81. The standard InChI is InChI=1S/C25H22O2/c1-19(2)22-13-8-21(9-14-22)18-27-24-15-10-20(11-16-24)12-17-25(26)23-6-4-3-5-7-23/h3-17H,1,18H2,2H3/b17-12+. The highest BCUT2D eigenvalue weighted by Gasteiger charge is 2.00. The van der Waals surface area contributed by atoms with E-state index in [4.69, 9.17) is 4.74 Å². The van der Waals surface area contributed by atoms with Crippen LogP contribution < -0.4 is 4.74 Å². The average molecular weight is 354 g/mol. The molecule has 0 radical (unpaired) electrons. The van der Waals surface area contributed by atoms with Crippen LogP contribution in [0, 0.1) is 0 Å². The summed E-state index contributed by atoms with van der Waals surface area (Å²) in [5.74, 6) is 0.791. The Hall–Kier alpha value is -3.39. The fraction of sp³-hybridized carbons (Fsp3) is 0.0800. The number of ether oxygens (including phenoxy) is 1. The van der Waals surface area contributed by atoms with E-state index in [0.717, 1.165) is 28.0 Å². The Morgan fingerprint density at radius 2 is 1.56 bits per heavy atom. The van der Waals surface area contributed by atoms with Gasteiger partial charge in [0.15, 0.2) is 5.78 Å². The number of benzene rings is 3. The molecule has 0 aliphatic heterocycles. The lowest BCUT2D eigenvalue weighted by Gasteiger charge is -2.07. The third-order valence-electron chi connectivity index (χ3n) is 4.22. The van der Waals surface area contributed by atoms with Gasteiger partial charge in [-0.05, 0) is 41.8 Å². The van der Waals surface area contributed by atoms with Crippen LogP contribution >= 0.6 is 0 Å². The van der Waals surface area contributed by atoms with Gasteiger partial charge in [-0.2, -0.15) is 0 Å². The van der Waals surface area contributed by atoms with Gasteiger partial charge in [0.2, 0.25) is 0 Å². The summed E-state index contributed by atoms with van der Waals surface area (Å²) >= 11 is 0. The molecule has 0 aliphatic rings. The summed E-state index contributed by atoms with van der Waals surface area (Å²) in [6, 6.07) is 25.2. The highest BCUT2D eigenvalue weighted by Crippen LogP contribution is 2.17. The van der Waals surface area contributed by atoms with Crippen LogP contribution in [-0.2, 0) is 6.61 Å². The number of rotatable bonds is 7. The van der Waals surface area contributed by atoms with Crippen LogP contribution in [0.25, 0.3) is 11.6 Å². The lowest BCUT2D eigenvalue weighted by molar-refractivity contribution is 0.104. The highest BCUT2D eigenvalue weighted by molar-refractivity contribution is 6.06. The average Bonchev–Trinajstić information content (AvgIpc) is 2.72. The van der Waals surface area contributed by atoms with Crippen molar-refractivity contribution < 1.29 is 9.53 Å². The molecule has 2 nitrogen and oxygen atoms in total. The third-order valence-corrected chi connectivity index (χ3v) is 4.22. The minimum absolute atomic E-state index is 0.00543. The molecule has 0 N–H and O–H groups in total. The van der Waals surface area contributed by atoms with E-state index >= 15 is 0 Å². The minimum Gasteiger partial charge on any atom is -0.489 e. The van der Waals surface area contributed by atoms with Gasteiger partial charge in [0.1, 0.15) is 12.4 Å². The molecule has 3 aromatic rings. The Bertz CT molecular complexity index is 934. The monoisotopic (exact) mass is 354 g/mol. The number of carbonyl (C=O) groups excluding carboxylic acids is 1. The maximum Gasteiger partial charge on any atom is 0.185 e. The summed E-state index contributed by atoms with van der Waals surface area (Å²) in [6.07, 6.45) is 3.41. The predicted molar refractivity (Wildman–Crippen MR) is 112 cm³/mol. The molecule has 0 spiro atoms. The zero-order valence-electron chi connectivity index (χ0n) is 15.4. The lowest BCUT2D eigenvalue weighted by atomic mass is 10.1. The van der Waals surface area contributed by atoms with E-state index < -0.39 is 0 Å². The van der Waals surface area contributed by atoms with Gasteiger partial charge in [-0.25, -0.2) is 0 Å². The van der Waals surface area contributed by atoms with Crippen LogP contribution in [0.15, 0.2) is 91.5 Å². The van der Waals surface area contributed by atoms with Crippen molar-refractivity contribution in [2.75, 3.05) is 0 Å². The molecule has 134 valence electrons. The van der Waals surface area contributed by atoms with E-state index in [1.165, 1.54) is 0 Å². The maximum absolute atomic E-state index is 12.1. The quantitative estimate of drug-likeness (QED) is 0.373. The summed E-state index contributed by atoms with van der Waals surface area (Å²) < 4.78 is 5.83. The second-order valence-corrected chi connectivity index (χ2v) is 6.40. The number of hydrogen-bond donors (Lipinski definition) is 0. The Morgan fingerprint density at radius 3 is 2.19 bits per heavy atom. The molecule has 3 aromatic carbocycles. The van der Waals surface area contributed by atoms with Crippen molar-refractivity contribution in [3.8, 4) is 5.75 Å². The molecule has 0 fully saturated rings. The molecule has 0 bridgehead atoms. The van der Waals surface area contributed by atoms with Crippen molar-refractivity contribution in [3.05, 3.63) is 114 Å². The van der Waals surface area contributed by atoms with Crippen LogP contribution in [0.3, 0.4) is 0 Å². The largest absolute Gasteiger partial charge is 0.489 e. The number of ketones is 1. The molecular formula is C25H22O2. The van der Waals surface area contributed by atoms with E-state index in [9.17, 15) is 4.79 Å². The van der Waals surface area contributed by atoms with Gasteiger partial charge in [0, 0.05) is 5.56 Å². The molecule has 0 atom stereocenters. The summed E-state index contributed by atoms with van der Waals surface area (Å²) in [5.41, 5.74) is 4.94. The van der Waals surface area contributed by atoms with Gasteiger partial charge in [-0.15, -0.1) is 0 Å². The molecule has 27 heavy (non-hydrogen) atoms. The van der Waals surface area contributed by atoms with Gasteiger partial charge in [-0.3, -0.25) is 4.79 Å².